The Kier molecular flexibility index (Phi) is 6.14. The first-order chi connectivity index (χ1) is 8.61. The zero-order chi connectivity index (χ0) is 13.4. The Balaban J connectivity index is 2.29. The molecule has 0 saturated heterocycles. The van der Waals surface area contributed by atoms with Gasteiger partial charge in [0, 0.05) is 31.3 Å². The van der Waals surface area contributed by atoms with Gasteiger partial charge in [0.2, 0.25) is 11.8 Å². The lowest BCUT2D eigenvalue weighted by Crippen LogP contribution is -2.23. The van der Waals surface area contributed by atoms with Crippen molar-refractivity contribution in [1.29, 1.82) is 0 Å². The Bertz CT molecular complexity index is 380. The molecule has 5 heteroatoms. The summed E-state index contributed by atoms with van der Waals surface area (Å²) in [6.45, 7) is 2.44. The number of pyridine rings is 1. The smallest absolute Gasteiger partial charge is 0.220 e. The highest BCUT2D eigenvalue weighted by Crippen LogP contribution is 2.08. The normalized spacial score (nSPS) is 11.9. The third-order valence-corrected chi connectivity index (χ3v) is 2.56. The summed E-state index contributed by atoms with van der Waals surface area (Å²) in [7, 11) is 1.57. The molecule has 5 nitrogen and oxygen atoms in total. The predicted molar refractivity (Wildman–Crippen MR) is 70.1 cm³/mol. The third-order valence-electron chi connectivity index (χ3n) is 2.56. The lowest BCUT2D eigenvalue weighted by molar-refractivity contribution is -0.121. The fourth-order valence-corrected chi connectivity index (χ4v) is 1.55. The van der Waals surface area contributed by atoms with Crippen LogP contribution < -0.4 is 15.8 Å². The average molecular weight is 251 g/mol. The van der Waals surface area contributed by atoms with Gasteiger partial charge in [-0.2, -0.15) is 0 Å². The predicted octanol–water partition coefficient (Wildman–Crippen LogP) is 1.22. The molecule has 1 unspecified atom stereocenters. The Labute approximate surface area is 108 Å². The topological polar surface area (TPSA) is 77.2 Å². The van der Waals surface area contributed by atoms with Gasteiger partial charge in [-0.25, -0.2) is 4.98 Å². The van der Waals surface area contributed by atoms with Crippen LogP contribution in [0.1, 0.15) is 31.7 Å². The summed E-state index contributed by atoms with van der Waals surface area (Å²) in [6.07, 6.45) is 3.87. The maximum Gasteiger partial charge on any atom is 0.220 e. The molecule has 1 atom stereocenters. The lowest BCUT2D eigenvalue weighted by atomic mass is 10.1. The second-order valence-corrected chi connectivity index (χ2v) is 4.35. The number of aromatic nitrogens is 1. The van der Waals surface area contributed by atoms with Crippen LogP contribution in [-0.2, 0) is 11.3 Å². The molecule has 0 aliphatic heterocycles. The van der Waals surface area contributed by atoms with E-state index < -0.39 is 0 Å². The summed E-state index contributed by atoms with van der Waals surface area (Å²) >= 11 is 0. The van der Waals surface area contributed by atoms with E-state index in [-0.39, 0.29) is 11.9 Å². The zero-order valence-electron chi connectivity index (χ0n) is 11.0. The van der Waals surface area contributed by atoms with E-state index in [0.29, 0.717) is 18.8 Å². The van der Waals surface area contributed by atoms with Crippen molar-refractivity contribution in [1.82, 2.24) is 10.3 Å². The van der Waals surface area contributed by atoms with E-state index in [4.69, 9.17) is 10.5 Å². The quantitative estimate of drug-likeness (QED) is 0.764. The van der Waals surface area contributed by atoms with Crippen molar-refractivity contribution >= 4 is 5.91 Å². The molecule has 1 aromatic rings. The van der Waals surface area contributed by atoms with Crippen LogP contribution in [0.2, 0.25) is 0 Å². The van der Waals surface area contributed by atoms with Crippen molar-refractivity contribution in [2.24, 2.45) is 5.73 Å². The number of nitrogens with one attached hydrogen (secondary N) is 1. The van der Waals surface area contributed by atoms with Gasteiger partial charge in [0.15, 0.2) is 0 Å². The van der Waals surface area contributed by atoms with Crippen molar-refractivity contribution in [3.05, 3.63) is 23.9 Å². The van der Waals surface area contributed by atoms with Gasteiger partial charge in [0.05, 0.1) is 7.11 Å². The van der Waals surface area contributed by atoms with E-state index in [0.717, 1.165) is 18.4 Å². The third kappa shape index (κ3) is 5.63. The highest BCUT2D eigenvalue weighted by molar-refractivity contribution is 5.75. The molecule has 1 heterocycles. The first kappa shape index (κ1) is 14.4. The summed E-state index contributed by atoms with van der Waals surface area (Å²) in [6, 6.07) is 3.81. The van der Waals surface area contributed by atoms with Crippen LogP contribution in [-0.4, -0.2) is 24.0 Å². The number of carbonyl (C=O) groups is 1. The van der Waals surface area contributed by atoms with Crippen LogP contribution in [0.5, 0.6) is 5.88 Å². The number of carbonyl (C=O) groups excluding carboxylic acids is 1. The highest BCUT2D eigenvalue weighted by Gasteiger charge is 2.03. The fraction of sp³-hybridized carbons (Fsp3) is 0.538. The van der Waals surface area contributed by atoms with Gasteiger partial charge in [-0.05, 0) is 31.4 Å². The number of nitrogens with two attached hydrogens (primary N) is 1. The molecule has 0 bridgehead atoms. The number of hydrogen-bond donors (Lipinski definition) is 2. The minimum atomic E-state index is 0.0476. The van der Waals surface area contributed by atoms with Crippen molar-refractivity contribution in [2.45, 2.75) is 38.8 Å². The van der Waals surface area contributed by atoms with Gasteiger partial charge in [-0.1, -0.05) is 0 Å². The molecule has 1 amide bonds. The zero-order valence-corrected chi connectivity index (χ0v) is 11.0. The molecule has 0 aromatic carbocycles. The molecular formula is C13H21N3O2. The summed E-state index contributed by atoms with van der Waals surface area (Å²) in [4.78, 5) is 15.6. The maximum atomic E-state index is 11.6. The summed E-state index contributed by atoms with van der Waals surface area (Å²) < 4.78 is 5.02. The number of nitrogens with zero attached hydrogens (tertiary/aromatic N) is 1. The molecule has 0 aliphatic rings. The monoisotopic (exact) mass is 251 g/mol. The SMILES string of the molecule is COc1cc(CNC(=O)CCCC(C)N)ccn1. The van der Waals surface area contributed by atoms with Crippen LogP contribution in [0.15, 0.2) is 18.3 Å². The van der Waals surface area contributed by atoms with Crippen LogP contribution >= 0.6 is 0 Å². The molecule has 3 N–H and O–H groups in total. The van der Waals surface area contributed by atoms with Gasteiger partial charge in [-0.3, -0.25) is 4.79 Å². The molecule has 0 spiro atoms. The lowest BCUT2D eigenvalue weighted by Gasteiger charge is -2.07. The van der Waals surface area contributed by atoms with E-state index in [1.165, 1.54) is 0 Å². The standard InChI is InChI=1S/C13H21N3O2/c1-10(14)4-3-5-12(17)16-9-11-6-7-15-13(8-11)18-2/h6-8,10H,3-5,9,14H2,1-2H3,(H,16,17). The Morgan fingerprint density at radius 1 is 1.61 bits per heavy atom. The molecule has 18 heavy (non-hydrogen) atoms. The van der Waals surface area contributed by atoms with Crippen LogP contribution in [0, 0.1) is 0 Å². The fourth-order valence-electron chi connectivity index (χ4n) is 1.55. The minimum absolute atomic E-state index is 0.0476. The molecule has 0 aliphatic carbocycles. The maximum absolute atomic E-state index is 11.6. The van der Waals surface area contributed by atoms with Gasteiger partial charge >= 0.3 is 0 Å². The van der Waals surface area contributed by atoms with E-state index >= 15 is 0 Å². The summed E-state index contributed by atoms with van der Waals surface area (Å²) in [5.41, 5.74) is 6.60. The van der Waals surface area contributed by atoms with Crippen LogP contribution in [0.3, 0.4) is 0 Å². The molecule has 1 rings (SSSR count). The van der Waals surface area contributed by atoms with Crippen LogP contribution in [0.25, 0.3) is 0 Å². The number of rotatable bonds is 7. The number of methoxy groups -OCH3 is 1. The molecular weight excluding hydrogens is 230 g/mol. The van der Waals surface area contributed by atoms with E-state index in [9.17, 15) is 4.79 Å². The van der Waals surface area contributed by atoms with Crippen molar-refractivity contribution in [3.8, 4) is 5.88 Å². The van der Waals surface area contributed by atoms with E-state index in [2.05, 4.69) is 10.3 Å². The molecule has 0 saturated carbocycles. The van der Waals surface area contributed by atoms with E-state index in [1.54, 1.807) is 13.3 Å². The number of ether oxygens (including phenoxy) is 1. The Morgan fingerprint density at radius 2 is 2.39 bits per heavy atom. The summed E-state index contributed by atoms with van der Waals surface area (Å²) in [5, 5.41) is 2.86. The first-order valence-electron chi connectivity index (χ1n) is 6.13. The van der Waals surface area contributed by atoms with Crippen molar-refractivity contribution < 1.29 is 9.53 Å². The molecule has 0 radical (unpaired) electrons. The molecule has 100 valence electrons. The minimum Gasteiger partial charge on any atom is -0.481 e. The molecule has 1 aromatic heterocycles. The second-order valence-electron chi connectivity index (χ2n) is 4.35. The Hall–Kier alpha value is -1.62. The number of hydrogen-bond acceptors (Lipinski definition) is 4. The van der Waals surface area contributed by atoms with Crippen LogP contribution in [0.4, 0.5) is 0 Å². The summed E-state index contributed by atoms with van der Waals surface area (Å²) in [5.74, 6) is 0.602. The van der Waals surface area contributed by atoms with Crippen molar-refractivity contribution in [2.75, 3.05) is 7.11 Å². The second kappa shape index (κ2) is 7.66. The largest absolute Gasteiger partial charge is 0.481 e. The highest BCUT2D eigenvalue weighted by atomic mass is 16.5. The Morgan fingerprint density at radius 3 is 3.06 bits per heavy atom. The molecule has 0 fully saturated rings. The first-order valence-corrected chi connectivity index (χ1v) is 6.13. The van der Waals surface area contributed by atoms with Gasteiger partial charge in [0.25, 0.3) is 0 Å². The van der Waals surface area contributed by atoms with Gasteiger partial charge in [0.1, 0.15) is 0 Å². The van der Waals surface area contributed by atoms with Gasteiger partial charge in [-0.15, -0.1) is 0 Å². The number of amides is 1. The van der Waals surface area contributed by atoms with Gasteiger partial charge < -0.3 is 15.8 Å². The van der Waals surface area contributed by atoms with Crippen molar-refractivity contribution in [3.63, 3.8) is 0 Å². The van der Waals surface area contributed by atoms with E-state index in [1.807, 2.05) is 19.1 Å². The average Bonchev–Trinajstić information content (AvgIpc) is 2.36.